The molecule has 0 amide bonds. The molecule has 0 aliphatic heterocycles. The Balaban J connectivity index is 1.22. The first-order chi connectivity index (χ1) is 16.1. The standard InChI is InChI=1S/C28H24N2O3/c1-32-23-5-9-27-19(15-23)11-17-13-21(3-7-25(17)27)29-30(31)22-4-8-26-18(14-22)12-20-16-24(33-2)6-10-28(20)26/h3-10,13-16,30-31H,11-12H2,1-2H3. The predicted molar refractivity (Wildman–Crippen MR) is 128 cm³/mol. The predicted octanol–water partition coefficient (Wildman–Crippen LogP) is 5.37. The number of benzene rings is 4. The second-order valence-electron chi connectivity index (χ2n) is 8.55. The highest BCUT2D eigenvalue weighted by Gasteiger charge is 2.21. The number of hydrogen-bond donors (Lipinski definition) is 2. The van der Waals surface area contributed by atoms with E-state index in [4.69, 9.17) is 9.47 Å². The van der Waals surface area contributed by atoms with Gasteiger partial charge in [0, 0.05) is 12.1 Å². The number of ether oxygens (including phenoxy) is 2. The third kappa shape index (κ3) is 3.33. The van der Waals surface area contributed by atoms with Crippen LogP contribution in [0.25, 0.3) is 27.7 Å². The number of nitrogens with one attached hydrogen (secondary N) is 1. The van der Waals surface area contributed by atoms with Crippen LogP contribution >= 0.6 is 0 Å². The van der Waals surface area contributed by atoms with Crippen LogP contribution in [0.4, 0.5) is 11.4 Å². The molecule has 5 nitrogen and oxygen atoms in total. The molecule has 0 saturated carbocycles. The first-order valence-corrected chi connectivity index (χ1v) is 11.0. The van der Waals surface area contributed by atoms with Crippen LogP contribution in [0.15, 0.2) is 72.8 Å². The van der Waals surface area contributed by atoms with Crippen molar-refractivity contribution in [2.45, 2.75) is 12.8 Å². The van der Waals surface area contributed by atoms with Gasteiger partial charge >= 0.3 is 0 Å². The first-order valence-electron chi connectivity index (χ1n) is 11.0. The Morgan fingerprint density at radius 1 is 0.636 bits per heavy atom. The van der Waals surface area contributed by atoms with E-state index in [2.05, 4.69) is 47.9 Å². The summed E-state index contributed by atoms with van der Waals surface area (Å²) in [4.78, 5) is 0. The molecular formula is C28H24N2O3. The first kappa shape index (κ1) is 19.9. The van der Waals surface area contributed by atoms with Crippen molar-refractivity contribution in [2.75, 3.05) is 14.2 Å². The van der Waals surface area contributed by atoms with E-state index in [0.717, 1.165) is 35.7 Å². The fourth-order valence-corrected chi connectivity index (χ4v) is 5.01. The SMILES string of the molecule is COc1ccc2c(c1)Cc1cc([N-][NH+](O)c3ccc4c(c3)Cc3cc(OC)ccc3-4)ccc1-2. The van der Waals surface area contributed by atoms with Crippen LogP contribution in [0.3, 0.4) is 0 Å². The van der Waals surface area contributed by atoms with Crippen LogP contribution in [0.5, 0.6) is 11.5 Å². The van der Waals surface area contributed by atoms with Gasteiger partial charge in [-0.05, 0) is 87.7 Å². The van der Waals surface area contributed by atoms with Crippen molar-refractivity contribution in [3.8, 4) is 33.8 Å². The summed E-state index contributed by atoms with van der Waals surface area (Å²) in [5, 5.41) is 10.8. The van der Waals surface area contributed by atoms with Crippen molar-refractivity contribution in [2.24, 2.45) is 0 Å². The smallest absolute Gasteiger partial charge is 0.158 e. The van der Waals surface area contributed by atoms with Crippen molar-refractivity contribution in [1.29, 1.82) is 0 Å². The minimum atomic E-state index is 0.0310. The van der Waals surface area contributed by atoms with E-state index in [0.29, 0.717) is 0 Å². The second kappa shape index (κ2) is 7.66. The van der Waals surface area contributed by atoms with E-state index in [9.17, 15) is 5.21 Å². The van der Waals surface area contributed by atoms with E-state index < -0.39 is 0 Å². The molecule has 2 N–H and O–H groups in total. The third-order valence-electron chi connectivity index (χ3n) is 6.65. The van der Waals surface area contributed by atoms with Gasteiger partial charge in [0.2, 0.25) is 0 Å². The lowest BCUT2D eigenvalue weighted by molar-refractivity contribution is -1.000. The molecule has 5 heteroatoms. The van der Waals surface area contributed by atoms with Gasteiger partial charge in [-0.3, -0.25) is 0 Å². The molecule has 6 rings (SSSR count). The van der Waals surface area contributed by atoms with Gasteiger partial charge in [-0.15, -0.1) is 0 Å². The number of fused-ring (bicyclic) bond motifs is 6. The Morgan fingerprint density at radius 2 is 1.12 bits per heavy atom. The summed E-state index contributed by atoms with van der Waals surface area (Å²) in [6, 6.07) is 24.5. The third-order valence-corrected chi connectivity index (χ3v) is 6.65. The maximum Gasteiger partial charge on any atom is 0.158 e. The summed E-state index contributed by atoms with van der Waals surface area (Å²) >= 11 is 0. The van der Waals surface area contributed by atoms with Gasteiger partial charge in [-0.1, -0.05) is 36.0 Å². The highest BCUT2D eigenvalue weighted by Crippen LogP contribution is 2.41. The van der Waals surface area contributed by atoms with Crippen LogP contribution in [0.1, 0.15) is 22.3 Å². The van der Waals surface area contributed by atoms with Crippen molar-refractivity contribution < 1.29 is 19.9 Å². The average molecular weight is 437 g/mol. The van der Waals surface area contributed by atoms with Crippen LogP contribution in [-0.4, -0.2) is 19.4 Å². The zero-order chi connectivity index (χ0) is 22.5. The number of hydrogen-bond acceptors (Lipinski definition) is 3. The monoisotopic (exact) mass is 436 g/mol. The maximum absolute atomic E-state index is 10.8. The molecule has 2 aliphatic rings. The molecule has 0 saturated heterocycles. The number of quaternary nitrogens is 1. The summed E-state index contributed by atoms with van der Waals surface area (Å²) in [5.41, 5.74) is 15.8. The lowest BCUT2D eigenvalue weighted by Gasteiger charge is -2.25. The molecule has 0 bridgehead atoms. The Hall–Kier alpha value is -3.80. The van der Waals surface area contributed by atoms with E-state index in [-0.39, 0.29) is 5.17 Å². The Labute approximate surface area is 192 Å². The van der Waals surface area contributed by atoms with Gasteiger partial charge in [0.15, 0.2) is 5.69 Å². The summed E-state index contributed by atoms with van der Waals surface area (Å²) in [7, 11) is 3.37. The minimum Gasteiger partial charge on any atom is -0.497 e. The topological polar surface area (TPSA) is 57.2 Å². The largest absolute Gasteiger partial charge is 0.497 e. The Bertz CT molecular complexity index is 1400. The molecule has 0 heterocycles. The molecule has 1 unspecified atom stereocenters. The highest BCUT2D eigenvalue weighted by atomic mass is 16.5. The van der Waals surface area contributed by atoms with Gasteiger partial charge in [-0.25, -0.2) is 10.4 Å². The van der Waals surface area contributed by atoms with Gasteiger partial charge in [-0.2, -0.15) is 0 Å². The molecule has 4 aromatic rings. The molecule has 33 heavy (non-hydrogen) atoms. The summed E-state index contributed by atoms with van der Waals surface area (Å²) in [6.07, 6.45) is 1.66. The quantitative estimate of drug-likeness (QED) is 0.357. The lowest BCUT2D eigenvalue weighted by Crippen LogP contribution is -2.99. The van der Waals surface area contributed by atoms with Crippen molar-refractivity contribution in [1.82, 2.24) is 0 Å². The molecule has 0 aromatic heterocycles. The Kier molecular flexibility index (Phi) is 4.61. The maximum atomic E-state index is 10.8. The van der Waals surface area contributed by atoms with Crippen molar-refractivity contribution >= 4 is 11.4 Å². The molecule has 164 valence electrons. The fraction of sp³-hybridized carbons (Fsp3) is 0.143. The van der Waals surface area contributed by atoms with Crippen LogP contribution < -0.4 is 14.6 Å². The van der Waals surface area contributed by atoms with Crippen LogP contribution in [-0.2, 0) is 12.8 Å². The van der Waals surface area contributed by atoms with Crippen LogP contribution in [0, 0.1) is 0 Å². The molecule has 0 fully saturated rings. The number of rotatable bonds is 5. The van der Waals surface area contributed by atoms with E-state index in [1.807, 2.05) is 30.3 Å². The van der Waals surface area contributed by atoms with Gasteiger partial charge in [0.25, 0.3) is 0 Å². The minimum absolute atomic E-state index is 0.0310. The lowest BCUT2D eigenvalue weighted by atomic mass is 10.1. The van der Waals surface area contributed by atoms with Crippen LogP contribution in [0.2, 0.25) is 0 Å². The highest BCUT2D eigenvalue weighted by molar-refractivity contribution is 5.80. The molecule has 4 aromatic carbocycles. The summed E-state index contributed by atoms with van der Waals surface area (Å²) in [5.74, 6) is 1.73. The zero-order valence-corrected chi connectivity index (χ0v) is 18.6. The number of methoxy groups -OCH3 is 2. The molecule has 1 atom stereocenters. The van der Waals surface area contributed by atoms with E-state index in [1.165, 1.54) is 44.5 Å². The average Bonchev–Trinajstić information content (AvgIpc) is 3.39. The van der Waals surface area contributed by atoms with Crippen molar-refractivity contribution in [3.63, 3.8) is 0 Å². The second-order valence-corrected chi connectivity index (χ2v) is 8.55. The Morgan fingerprint density at radius 3 is 1.70 bits per heavy atom. The van der Waals surface area contributed by atoms with Gasteiger partial charge in [0.05, 0.1) is 14.2 Å². The molecule has 2 aliphatic carbocycles. The molecule has 0 radical (unpaired) electrons. The van der Waals surface area contributed by atoms with E-state index >= 15 is 0 Å². The molecular weight excluding hydrogens is 412 g/mol. The molecule has 0 spiro atoms. The van der Waals surface area contributed by atoms with Crippen molar-refractivity contribution in [3.05, 3.63) is 100 Å². The van der Waals surface area contributed by atoms with E-state index in [1.54, 1.807) is 14.2 Å². The fourth-order valence-electron chi connectivity index (χ4n) is 5.01. The summed E-state index contributed by atoms with van der Waals surface area (Å²) < 4.78 is 10.7. The normalized spacial score (nSPS) is 13.5. The van der Waals surface area contributed by atoms with Gasteiger partial charge < -0.3 is 14.9 Å². The number of nitrogens with zero attached hydrogens (tertiary/aromatic N) is 1. The summed E-state index contributed by atoms with van der Waals surface area (Å²) in [6.45, 7) is 0. The van der Waals surface area contributed by atoms with Gasteiger partial charge in [0.1, 0.15) is 11.5 Å². The zero-order valence-electron chi connectivity index (χ0n) is 18.6.